The van der Waals surface area contributed by atoms with Crippen molar-refractivity contribution in [3.05, 3.63) is 0 Å². The fraction of sp³-hybridized carbons (Fsp3) is 0.778. The van der Waals surface area contributed by atoms with Crippen molar-refractivity contribution < 1.29 is 4.79 Å². The molecule has 0 aromatic carbocycles. The van der Waals surface area contributed by atoms with E-state index in [-0.39, 0.29) is 11.9 Å². The molecule has 15 heavy (non-hydrogen) atoms. The SMILES string of the molecule is CSCCNC(=O)CCCCN=C(N)N. The van der Waals surface area contributed by atoms with Crippen LogP contribution in [0.2, 0.25) is 0 Å². The van der Waals surface area contributed by atoms with Crippen LogP contribution in [0.25, 0.3) is 0 Å². The molecule has 88 valence electrons. The van der Waals surface area contributed by atoms with Crippen molar-refractivity contribution in [1.29, 1.82) is 0 Å². The van der Waals surface area contributed by atoms with Crippen LogP contribution in [-0.2, 0) is 4.79 Å². The van der Waals surface area contributed by atoms with E-state index in [0.29, 0.717) is 13.0 Å². The summed E-state index contributed by atoms with van der Waals surface area (Å²) in [5.74, 6) is 1.17. The molecule has 0 aliphatic rings. The zero-order chi connectivity index (χ0) is 11.5. The molecule has 0 heterocycles. The van der Waals surface area contributed by atoms with Crippen molar-refractivity contribution in [3.8, 4) is 0 Å². The first kappa shape index (κ1) is 14.1. The summed E-state index contributed by atoms with van der Waals surface area (Å²) >= 11 is 1.72. The molecule has 0 unspecified atom stereocenters. The van der Waals surface area contributed by atoms with Gasteiger partial charge in [0.25, 0.3) is 0 Å². The van der Waals surface area contributed by atoms with E-state index in [1.807, 2.05) is 6.26 Å². The number of hydrogen-bond donors (Lipinski definition) is 3. The van der Waals surface area contributed by atoms with Gasteiger partial charge >= 0.3 is 0 Å². The smallest absolute Gasteiger partial charge is 0.220 e. The standard InChI is InChI=1S/C9H20N4OS/c1-15-7-6-12-8(14)4-2-3-5-13-9(10)11/h2-7H2,1H3,(H,12,14)(H4,10,11,13). The van der Waals surface area contributed by atoms with Gasteiger partial charge in [-0.3, -0.25) is 9.79 Å². The first-order chi connectivity index (χ1) is 7.16. The van der Waals surface area contributed by atoms with Crippen LogP contribution in [0.1, 0.15) is 19.3 Å². The van der Waals surface area contributed by atoms with Gasteiger partial charge in [-0.05, 0) is 19.1 Å². The van der Waals surface area contributed by atoms with Gasteiger partial charge in [0.1, 0.15) is 0 Å². The summed E-state index contributed by atoms with van der Waals surface area (Å²) in [6.07, 6.45) is 4.23. The number of nitrogens with one attached hydrogen (secondary N) is 1. The normalized spacial score (nSPS) is 9.67. The maximum Gasteiger partial charge on any atom is 0.220 e. The van der Waals surface area contributed by atoms with Crippen molar-refractivity contribution in [2.24, 2.45) is 16.5 Å². The Morgan fingerprint density at radius 2 is 2.13 bits per heavy atom. The molecule has 0 aliphatic carbocycles. The molecular weight excluding hydrogens is 212 g/mol. The van der Waals surface area contributed by atoms with Gasteiger partial charge in [-0.2, -0.15) is 11.8 Å². The lowest BCUT2D eigenvalue weighted by atomic mass is 10.2. The molecule has 0 atom stereocenters. The van der Waals surface area contributed by atoms with Gasteiger partial charge in [0.05, 0.1) is 0 Å². The average Bonchev–Trinajstić information content (AvgIpc) is 2.17. The minimum absolute atomic E-state index is 0.105. The number of nitrogens with two attached hydrogens (primary N) is 2. The number of unbranched alkanes of at least 4 members (excludes halogenated alkanes) is 1. The van der Waals surface area contributed by atoms with E-state index in [0.717, 1.165) is 25.1 Å². The summed E-state index contributed by atoms with van der Waals surface area (Å²) in [5, 5.41) is 2.84. The van der Waals surface area contributed by atoms with Crippen LogP contribution < -0.4 is 16.8 Å². The van der Waals surface area contributed by atoms with E-state index in [2.05, 4.69) is 10.3 Å². The number of amides is 1. The molecule has 0 saturated carbocycles. The predicted octanol–water partition coefficient (Wildman–Crippen LogP) is -0.0907. The number of carbonyl (C=O) groups excluding carboxylic acids is 1. The molecule has 0 radical (unpaired) electrons. The van der Waals surface area contributed by atoms with Crippen molar-refractivity contribution in [2.75, 3.05) is 25.1 Å². The lowest BCUT2D eigenvalue weighted by Crippen LogP contribution is -2.25. The van der Waals surface area contributed by atoms with Crippen molar-refractivity contribution in [2.45, 2.75) is 19.3 Å². The lowest BCUT2D eigenvalue weighted by molar-refractivity contribution is -0.121. The summed E-state index contributed by atoms with van der Waals surface area (Å²) in [4.78, 5) is 15.0. The molecule has 0 saturated heterocycles. The number of hydrogen-bond acceptors (Lipinski definition) is 3. The largest absolute Gasteiger partial charge is 0.370 e. The minimum Gasteiger partial charge on any atom is -0.370 e. The van der Waals surface area contributed by atoms with Crippen LogP contribution in [-0.4, -0.2) is 37.0 Å². The second kappa shape index (κ2) is 9.64. The van der Waals surface area contributed by atoms with Crippen LogP contribution in [0.3, 0.4) is 0 Å². The van der Waals surface area contributed by atoms with Gasteiger partial charge in [0, 0.05) is 25.3 Å². The van der Waals surface area contributed by atoms with Gasteiger partial charge in [-0.25, -0.2) is 0 Å². The Labute approximate surface area is 95.1 Å². The molecule has 0 bridgehead atoms. The van der Waals surface area contributed by atoms with E-state index in [9.17, 15) is 4.79 Å². The van der Waals surface area contributed by atoms with Crippen LogP contribution in [0, 0.1) is 0 Å². The number of rotatable bonds is 8. The van der Waals surface area contributed by atoms with E-state index in [1.54, 1.807) is 11.8 Å². The maximum atomic E-state index is 11.2. The predicted molar refractivity (Wildman–Crippen MR) is 65.9 cm³/mol. The minimum atomic E-state index is 0.105. The summed E-state index contributed by atoms with van der Waals surface area (Å²) in [6, 6.07) is 0. The van der Waals surface area contributed by atoms with Gasteiger partial charge in [-0.1, -0.05) is 0 Å². The molecule has 0 fully saturated rings. The van der Waals surface area contributed by atoms with E-state index >= 15 is 0 Å². The van der Waals surface area contributed by atoms with Crippen LogP contribution in [0.15, 0.2) is 4.99 Å². The monoisotopic (exact) mass is 232 g/mol. The van der Waals surface area contributed by atoms with Crippen molar-refractivity contribution in [3.63, 3.8) is 0 Å². The fourth-order valence-electron chi connectivity index (χ4n) is 0.986. The highest BCUT2D eigenvalue weighted by Crippen LogP contribution is 1.96. The van der Waals surface area contributed by atoms with Crippen LogP contribution in [0.4, 0.5) is 0 Å². The van der Waals surface area contributed by atoms with Crippen LogP contribution >= 0.6 is 11.8 Å². The molecule has 0 aromatic heterocycles. The van der Waals surface area contributed by atoms with Crippen molar-refractivity contribution >= 4 is 23.6 Å². The van der Waals surface area contributed by atoms with Crippen LogP contribution in [0.5, 0.6) is 0 Å². The van der Waals surface area contributed by atoms with Gasteiger partial charge in [0.2, 0.25) is 5.91 Å². The highest BCUT2D eigenvalue weighted by molar-refractivity contribution is 7.98. The summed E-state index contributed by atoms with van der Waals surface area (Å²) in [5.41, 5.74) is 10.3. The first-order valence-electron chi connectivity index (χ1n) is 4.98. The van der Waals surface area contributed by atoms with E-state index in [1.165, 1.54) is 0 Å². The molecule has 0 aliphatic heterocycles. The number of guanidine groups is 1. The Morgan fingerprint density at radius 1 is 1.40 bits per heavy atom. The summed E-state index contributed by atoms with van der Waals surface area (Å²) < 4.78 is 0. The highest BCUT2D eigenvalue weighted by Gasteiger charge is 1.99. The Hall–Kier alpha value is -0.910. The zero-order valence-electron chi connectivity index (χ0n) is 9.16. The number of thioether (sulfide) groups is 1. The molecule has 5 nitrogen and oxygen atoms in total. The molecular formula is C9H20N4OS. The number of carbonyl (C=O) groups is 1. The Kier molecular flexibility index (Phi) is 9.05. The number of nitrogens with zero attached hydrogens (tertiary/aromatic N) is 1. The fourth-order valence-corrected chi connectivity index (χ4v) is 1.29. The summed E-state index contributed by atoms with van der Waals surface area (Å²) in [7, 11) is 0. The lowest BCUT2D eigenvalue weighted by Gasteiger charge is -2.02. The van der Waals surface area contributed by atoms with Gasteiger partial charge < -0.3 is 16.8 Å². The zero-order valence-corrected chi connectivity index (χ0v) is 9.98. The van der Waals surface area contributed by atoms with Gasteiger partial charge in [-0.15, -0.1) is 0 Å². The van der Waals surface area contributed by atoms with E-state index < -0.39 is 0 Å². The Balaban J connectivity index is 3.28. The molecule has 0 aromatic rings. The second-order valence-electron chi connectivity index (χ2n) is 3.11. The molecule has 0 rings (SSSR count). The topological polar surface area (TPSA) is 93.5 Å². The van der Waals surface area contributed by atoms with E-state index in [4.69, 9.17) is 11.5 Å². The quantitative estimate of drug-likeness (QED) is 0.310. The van der Waals surface area contributed by atoms with Crippen molar-refractivity contribution in [1.82, 2.24) is 5.32 Å². The third-order valence-electron chi connectivity index (χ3n) is 1.73. The molecule has 0 spiro atoms. The maximum absolute atomic E-state index is 11.2. The second-order valence-corrected chi connectivity index (χ2v) is 4.09. The first-order valence-corrected chi connectivity index (χ1v) is 6.37. The van der Waals surface area contributed by atoms with Gasteiger partial charge in [0.15, 0.2) is 5.96 Å². The Morgan fingerprint density at radius 3 is 2.73 bits per heavy atom. The average molecular weight is 232 g/mol. The summed E-state index contributed by atoms with van der Waals surface area (Å²) in [6.45, 7) is 1.34. The third-order valence-corrected chi connectivity index (χ3v) is 2.35. The number of aliphatic imine (C=N–C) groups is 1. The third kappa shape index (κ3) is 11.0. The highest BCUT2D eigenvalue weighted by atomic mass is 32.2. The molecule has 6 heteroatoms. The molecule has 5 N–H and O–H groups in total. The molecule has 1 amide bonds. The Bertz CT molecular complexity index is 204.